The molecule has 0 atom stereocenters. The smallest absolute Gasteiger partial charge is 0.319 e. The zero-order chi connectivity index (χ0) is 24.6. The number of anilines is 1. The topological polar surface area (TPSA) is 81.1 Å². The SMILES string of the molecule is CCOc1ccc(NC(=O)NCc2nnc(SCc3ccccc3)n2-c2ccc(Cl)cc2Cl)cc1. The minimum atomic E-state index is -0.371. The number of carbonyl (C=O) groups excluding carboxylic acids is 1. The van der Waals surface area contributed by atoms with Crippen molar-refractivity contribution in [3.8, 4) is 11.4 Å². The number of hydrogen-bond acceptors (Lipinski definition) is 5. The maximum Gasteiger partial charge on any atom is 0.319 e. The van der Waals surface area contributed by atoms with Gasteiger partial charge in [0.15, 0.2) is 11.0 Å². The van der Waals surface area contributed by atoms with E-state index >= 15 is 0 Å². The fourth-order valence-electron chi connectivity index (χ4n) is 3.27. The van der Waals surface area contributed by atoms with E-state index in [0.29, 0.717) is 44.8 Å². The van der Waals surface area contributed by atoms with Gasteiger partial charge in [0.25, 0.3) is 0 Å². The molecule has 35 heavy (non-hydrogen) atoms. The van der Waals surface area contributed by atoms with Crippen LogP contribution in [0.2, 0.25) is 10.0 Å². The summed E-state index contributed by atoms with van der Waals surface area (Å²) < 4.78 is 7.26. The van der Waals surface area contributed by atoms with Crippen LogP contribution < -0.4 is 15.4 Å². The largest absolute Gasteiger partial charge is 0.494 e. The number of hydrogen-bond donors (Lipinski definition) is 2. The molecule has 2 amide bonds. The van der Waals surface area contributed by atoms with E-state index in [1.165, 1.54) is 11.8 Å². The van der Waals surface area contributed by atoms with Gasteiger partial charge in [-0.15, -0.1) is 10.2 Å². The fraction of sp³-hybridized carbons (Fsp3) is 0.160. The minimum absolute atomic E-state index is 0.140. The lowest BCUT2D eigenvalue weighted by atomic mass is 10.2. The molecule has 0 unspecified atom stereocenters. The summed E-state index contributed by atoms with van der Waals surface area (Å²) in [5.74, 6) is 1.98. The fourth-order valence-corrected chi connectivity index (χ4v) is 4.68. The van der Waals surface area contributed by atoms with E-state index in [0.717, 1.165) is 11.3 Å². The van der Waals surface area contributed by atoms with Crippen molar-refractivity contribution in [3.05, 3.63) is 94.2 Å². The Hall–Kier alpha value is -3.20. The summed E-state index contributed by atoms with van der Waals surface area (Å²) in [5, 5.41) is 16.0. The number of thioether (sulfide) groups is 1. The molecule has 1 aromatic heterocycles. The van der Waals surface area contributed by atoms with Gasteiger partial charge < -0.3 is 15.4 Å². The molecule has 0 aliphatic heterocycles. The highest BCUT2D eigenvalue weighted by Crippen LogP contribution is 2.30. The van der Waals surface area contributed by atoms with E-state index < -0.39 is 0 Å². The summed E-state index contributed by atoms with van der Waals surface area (Å²) >= 11 is 14.1. The van der Waals surface area contributed by atoms with E-state index in [1.54, 1.807) is 36.4 Å². The van der Waals surface area contributed by atoms with Crippen molar-refractivity contribution in [2.75, 3.05) is 11.9 Å². The molecular weight excluding hydrogens is 505 g/mol. The molecule has 0 aliphatic carbocycles. The van der Waals surface area contributed by atoms with Gasteiger partial charge in [0, 0.05) is 16.5 Å². The van der Waals surface area contributed by atoms with E-state index in [4.69, 9.17) is 27.9 Å². The molecule has 0 fully saturated rings. The molecule has 10 heteroatoms. The Balaban J connectivity index is 1.50. The molecule has 0 bridgehead atoms. The second kappa shape index (κ2) is 12.0. The summed E-state index contributed by atoms with van der Waals surface area (Å²) in [6.07, 6.45) is 0. The van der Waals surface area contributed by atoms with Crippen molar-refractivity contribution in [3.63, 3.8) is 0 Å². The highest BCUT2D eigenvalue weighted by Gasteiger charge is 2.18. The van der Waals surface area contributed by atoms with Crippen molar-refractivity contribution in [1.29, 1.82) is 0 Å². The molecule has 2 N–H and O–H groups in total. The first-order valence-electron chi connectivity index (χ1n) is 10.9. The lowest BCUT2D eigenvalue weighted by Gasteiger charge is -2.13. The number of amides is 2. The molecule has 7 nitrogen and oxygen atoms in total. The molecule has 180 valence electrons. The molecule has 3 aromatic carbocycles. The number of halogens is 2. The zero-order valence-electron chi connectivity index (χ0n) is 18.9. The average molecular weight is 528 g/mol. The van der Waals surface area contributed by atoms with Crippen LogP contribution >= 0.6 is 35.0 Å². The predicted molar refractivity (Wildman–Crippen MR) is 141 cm³/mol. The number of ether oxygens (including phenoxy) is 1. The molecule has 0 spiro atoms. The Kier molecular flexibility index (Phi) is 8.52. The highest BCUT2D eigenvalue weighted by atomic mass is 35.5. The van der Waals surface area contributed by atoms with Gasteiger partial charge in [-0.1, -0.05) is 65.3 Å². The quantitative estimate of drug-likeness (QED) is 0.240. The van der Waals surface area contributed by atoms with E-state index in [2.05, 4.69) is 33.0 Å². The van der Waals surface area contributed by atoms with Crippen LogP contribution in [0.5, 0.6) is 5.75 Å². The summed E-state index contributed by atoms with van der Waals surface area (Å²) in [7, 11) is 0. The number of nitrogens with zero attached hydrogens (tertiary/aromatic N) is 3. The number of urea groups is 1. The lowest BCUT2D eigenvalue weighted by molar-refractivity contribution is 0.251. The molecule has 4 rings (SSSR count). The Morgan fingerprint density at radius 3 is 2.51 bits per heavy atom. The van der Waals surface area contributed by atoms with Gasteiger partial charge in [0.05, 0.1) is 23.9 Å². The number of nitrogens with one attached hydrogen (secondary N) is 2. The Bertz CT molecular complexity index is 1280. The van der Waals surface area contributed by atoms with Crippen molar-refractivity contribution in [2.45, 2.75) is 24.4 Å². The molecule has 4 aromatic rings. The molecular formula is C25H23Cl2N5O2S. The van der Waals surface area contributed by atoms with Gasteiger partial charge in [-0.3, -0.25) is 4.57 Å². The van der Waals surface area contributed by atoms with Crippen molar-refractivity contribution < 1.29 is 9.53 Å². The third-order valence-electron chi connectivity index (χ3n) is 4.89. The van der Waals surface area contributed by atoms with Crippen LogP contribution in [0.25, 0.3) is 5.69 Å². The second-order valence-corrected chi connectivity index (χ2v) is 9.16. The third-order valence-corrected chi connectivity index (χ3v) is 6.43. The van der Waals surface area contributed by atoms with Crippen molar-refractivity contribution in [1.82, 2.24) is 20.1 Å². The molecule has 1 heterocycles. The van der Waals surface area contributed by atoms with Gasteiger partial charge in [-0.25, -0.2) is 4.79 Å². The van der Waals surface area contributed by atoms with Crippen LogP contribution in [0, 0.1) is 0 Å². The van der Waals surface area contributed by atoms with Crippen molar-refractivity contribution >= 4 is 46.7 Å². The Labute approximate surface area is 217 Å². The maximum absolute atomic E-state index is 12.5. The first kappa shape index (κ1) is 24.9. The van der Waals surface area contributed by atoms with Gasteiger partial charge in [-0.2, -0.15) is 0 Å². The van der Waals surface area contributed by atoms with E-state index in [9.17, 15) is 4.79 Å². The number of aromatic nitrogens is 3. The van der Waals surface area contributed by atoms with E-state index in [-0.39, 0.29) is 12.6 Å². The average Bonchev–Trinajstić information content (AvgIpc) is 3.26. The number of rotatable bonds is 9. The van der Waals surface area contributed by atoms with Crippen molar-refractivity contribution in [2.24, 2.45) is 0 Å². The van der Waals surface area contributed by atoms with Crippen LogP contribution in [0.15, 0.2) is 78.0 Å². The van der Waals surface area contributed by atoms with Gasteiger partial charge in [-0.05, 0) is 55.0 Å². The molecule has 0 aliphatic rings. The van der Waals surface area contributed by atoms with Crippen LogP contribution in [0.3, 0.4) is 0 Å². The first-order chi connectivity index (χ1) is 17.0. The number of carbonyl (C=O) groups is 1. The Morgan fingerprint density at radius 2 is 1.80 bits per heavy atom. The van der Waals surface area contributed by atoms with Gasteiger partial charge in [0.2, 0.25) is 0 Å². The van der Waals surface area contributed by atoms with Crippen LogP contribution in [-0.4, -0.2) is 27.4 Å². The van der Waals surface area contributed by atoms with Crippen LogP contribution in [0.4, 0.5) is 10.5 Å². The van der Waals surface area contributed by atoms with Crippen LogP contribution in [0.1, 0.15) is 18.3 Å². The zero-order valence-corrected chi connectivity index (χ0v) is 21.2. The maximum atomic E-state index is 12.5. The first-order valence-corrected chi connectivity index (χ1v) is 12.6. The normalized spacial score (nSPS) is 10.7. The summed E-state index contributed by atoms with van der Waals surface area (Å²) in [6, 6.07) is 22.1. The standard InChI is InChI=1S/C25H23Cl2N5O2S/c1-2-34-20-11-9-19(10-12-20)29-24(33)28-15-23-30-31-25(35-16-17-6-4-3-5-7-17)32(23)22-13-8-18(26)14-21(22)27/h3-14H,2,15-16H2,1H3,(H2,28,29,33). The van der Waals surface area contributed by atoms with E-state index in [1.807, 2.05) is 35.8 Å². The summed E-state index contributed by atoms with van der Waals surface area (Å²) in [6.45, 7) is 2.64. The summed E-state index contributed by atoms with van der Waals surface area (Å²) in [5.41, 5.74) is 2.48. The monoisotopic (exact) mass is 527 g/mol. The lowest BCUT2D eigenvalue weighted by Crippen LogP contribution is -2.29. The minimum Gasteiger partial charge on any atom is -0.494 e. The number of benzene rings is 3. The van der Waals surface area contributed by atoms with Gasteiger partial charge >= 0.3 is 6.03 Å². The van der Waals surface area contributed by atoms with Crippen LogP contribution in [-0.2, 0) is 12.3 Å². The molecule has 0 radical (unpaired) electrons. The molecule has 0 saturated heterocycles. The summed E-state index contributed by atoms with van der Waals surface area (Å²) in [4.78, 5) is 12.5. The molecule has 0 saturated carbocycles. The third kappa shape index (κ3) is 6.69. The second-order valence-electron chi connectivity index (χ2n) is 7.37. The predicted octanol–water partition coefficient (Wildman–Crippen LogP) is 6.59. The van der Waals surface area contributed by atoms with Gasteiger partial charge in [0.1, 0.15) is 5.75 Å². The Morgan fingerprint density at radius 1 is 1.03 bits per heavy atom. The highest BCUT2D eigenvalue weighted by molar-refractivity contribution is 7.98.